The van der Waals surface area contributed by atoms with Crippen LogP contribution in [0.15, 0.2) is 91.0 Å². The van der Waals surface area contributed by atoms with Gasteiger partial charge in [0.1, 0.15) is 0 Å². The molecule has 6 aromatic rings. The molecule has 2 aliphatic rings. The number of hydrogen-bond donors (Lipinski definition) is 0. The van der Waals surface area contributed by atoms with Gasteiger partial charge in [-0.15, -0.1) is 0 Å². The number of para-hydroxylation sites is 2. The lowest BCUT2D eigenvalue weighted by Crippen LogP contribution is -2.31. The second-order valence-corrected chi connectivity index (χ2v) is 12.0. The summed E-state index contributed by atoms with van der Waals surface area (Å²) in [7, 11) is 0. The first-order valence-corrected chi connectivity index (χ1v) is 13.7. The van der Waals surface area contributed by atoms with Crippen LogP contribution in [-0.2, 0) is 5.41 Å². The fourth-order valence-corrected chi connectivity index (χ4v) is 6.98. The van der Waals surface area contributed by atoms with E-state index in [0.717, 1.165) is 33.2 Å². The van der Waals surface area contributed by atoms with Crippen molar-refractivity contribution in [2.24, 2.45) is 5.41 Å². The van der Waals surface area contributed by atoms with Crippen LogP contribution >= 0.6 is 0 Å². The monoisotopic (exact) mass is 503 g/mol. The van der Waals surface area contributed by atoms with Gasteiger partial charge in [0, 0.05) is 32.4 Å². The Bertz CT molecular complexity index is 2070. The van der Waals surface area contributed by atoms with Gasteiger partial charge in [0.05, 0.1) is 22.1 Å². The summed E-state index contributed by atoms with van der Waals surface area (Å²) in [5.74, 6) is 0.717. The van der Waals surface area contributed by atoms with Crippen molar-refractivity contribution in [3.8, 4) is 28.3 Å². The molecule has 3 nitrogen and oxygen atoms in total. The average molecular weight is 504 g/mol. The van der Waals surface area contributed by atoms with E-state index in [1.165, 1.54) is 38.6 Å². The molecule has 0 aliphatic heterocycles. The van der Waals surface area contributed by atoms with Crippen molar-refractivity contribution in [1.82, 2.24) is 14.5 Å². The Labute approximate surface area is 227 Å². The van der Waals surface area contributed by atoms with Crippen molar-refractivity contribution < 1.29 is 0 Å². The highest BCUT2D eigenvalue weighted by Crippen LogP contribution is 2.51. The van der Waals surface area contributed by atoms with Crippen LogP contribution in [-0.4, -0.2) is 14.5 Å². The second kappa shape index (κ2) is 7.54. The van der Waals surface area contributed by atoms with E-state index >= 15 is 0 Å². The van der Waals surface area contributed by atoms with Gasteiger partial charge in [-0.3, -0.25) is 4.57 Å². The number of rotatable bonds is 2. The standard InChI is InChI=1S/C36H29N3/c1-35(2)20-27-29(21-35)37-34(39-30-18-9-6-13-23(30)24-14-7-10-19-31(24)39)38-33(27)26-16-11-15-25-22-12-5-8-17-28(22)36(3,4)32(25)26/h5-21H,1-4H3. The molecule has 8 rings (SSSR count). The van der Waals surface area contributed by atoms with Gasteiger partial charge in [0.2, 0.25) is 5.95 Å². The first-order valence-electron chi connectivity index (χ1n) is 13.7. The van der Waals surface area contributed by atoms with E-state index in [9.17, 15) is 0 Å². The molecule has 4 aromatic carbocycles. The van der Waals surface area contributed by atoms with E-state index in [0.29, 0.717) is 0 Å². The lowest BCUT2D eigenvalue weighted by Gasteiger charge is -2.24. The van der Waals surface area contributed by atoms with Crippen molar-refractivity contribution in [3.63, 3.8) is 0 Å². The molecule has 0 radical (unpaired) electrons. The molecular weight excluding hydrogens is 474 g/mol. The third-order valence-corrected chi connectivity index (χ3v) is 8.60. The number of fused-ring (bicyclic) bond motifs is 7. The van der Waals surface area contributed by atoms with Crippen LogP contribution in [0, 0.1) is 5.41 Å². The van der Waals surface area contributed by atoms with E-state index in [1.54, 1.807) is 0 Å². The maximum atomic E-state index is 5.43. The Balaban J connectivity index is 1.49. The fourth-order valence-electron chi connectivity index (χ4n) is 6.98. The van der Waals surface area contributed by atoms with Crippen molar-refractivity contribution in [1.29, 1.82) is 0 Å². The summed E-state index contributed by atoms with van der Waals surface area (Å²) in [4.78, 5) is 10.6. The zero-order valence-corrected chi connectivity index (χ0v) is 22.7. The zero-order valence-electron chi connectivity index (χ0n) is 22.7. The minimum absolute atomic E-state index is 0.0956. The van der Waals surface area contributed by atoms with Crippen molar-refractivity contribution in [3.05, 3.63) is 113 Å². The van der Waals surface area contributed by atoms with Crippen molar-refractivity contribution in [2.75, 3.05) is 0 Å². The normalized spacial score (nSPS) is 16.0. The predicted octanol–water partition coefficient (Wildman–Crippen LogP) is 7.15. The molecule has 2 aromatic heterocycles. The van der Waals surface area contributed by atoms with Crippen LogP contribution in [0.3, 0.4) is 0 Å². The maximum Gasteiger partial charge on any atom is 0.235 e. The molecule has 39 heavy (non-hydrogen) atoms. The van der Waals surface area contributed by atoms with Crippen LogP contribution in [0.25, 0.3) is 62.3 Å². The zero-order chi connectivity index (χ0) is 26.5. The van der Waals surface area contributed by atoms with Gasteiger partial charge in [0.15, 0.2) is 0 Å². The van der Waals surface area contributed by atoms with Gasteiger partial charge in [-0.25, -0.2) is 9.97 Å². The van der Waals surface area contributed by atoms with Crippen LogP contribution in [0.1, 0.15) is 38.8 Å². The summed E-state index contributed by atoms with van der Waals surface area (Å²) in [5, 5.41) is 4.57. The van der Waals surface area contributed by atoms with Crippen molar-refractivity contribution in [2.45, 2.75) is 33.1 Å². The molecule has 0 bridgehead atoms. The van der Waals surface area contributed by atoms with Gasteiger partial charge >= 0.3 is 0 Å². The first kappa shape index (κ1) is 22.5. The Hall–Kier alpha value is -4.50. The highest BCUT2D eigenvalue weighted by Gasteiger charge is 2.38. The minimum Gasteiger partial charge on any atom is -0.278 e. The molecule has 0 saturated heterocycles. The fraction of sp³-hybridized carbons (Fsp3) is 0.167. The molecule has 0 atom stereocenters. The van der Waals surface area contributed by atoms with E-state index < -0.39 is 0 Å². The summed E-state index contributed by atoms with van der Waals surface area (Å²) in [6, 6.07) is 32.7. The largest absolute Gasteiger partial charge is 0.278 e. The summed E-state index contributed by atoms with van der Waals surface area (Å²) in [6.07, 6.45) is 4.62. The quantitative estimate of drug-likeness (QED) is 0.251. The van der Waals surface area contributed by atoms with Gasteiger partial charge in [0.25, 0.3) is 0 Å². The number of nitrogens with zero attached hydrogens (tertiary/aromatic N) is 3. The molecule has 0 N–H and O–H groups in total. The smallest absolute Gasteiger partial charge is 0.235 e. The Morgan fingerprint density at radius 3 is 1.95 bits per heavy atom. The van der Waals surface area contributed by atoms with Gasteiger partial charge in [-0.05, 0) is 40.5 Å². The number of benzene rings is 4. The summed E-state index contributed by atoms with van der Waals surface area (Å²) >= 11 is 0. The second-order valence-electron chi connectivity index (χ2n) is 12.0. The molecule has 0 unspecified atom stereocenters. The van der Waals surface area contributed by atoms with Crippen LogP contribution < -0.4 is 10.6 Å². The molecule has 2 aliphatic carbocycles. The Kier molecular flexibility index (Phi) is 4.35. The third kappa shape index (κ3) is 3.04. The molecular formula is C36H29N3. The Morgan fingerprint density at radius 1 is 0.590 bits per heavy atom. The molecule has 0 spiro atoms. The van der Waals surface area contributed by atoms with E-state index in [-0.39, 0.29) is 10.8 Å². The molecule has 0 amide bonds. The van der Waals surface area contributed by atoms with Crippen LogP contribution in [0.5, 0.6) is 0 Å². The average Bonchev–Trinajstić information content (AvgIpc) is 3.52. The molecule has 188 valence electrons. The van der Waals surface area contributed by atoms with Gasteiger partial charge < -0.3 is 0 Å². The minimum atomic E-state index is -0.134. The van der Waals surface area contributed by atoms with Crippen LogP contribution in [0.2, 0.25) is 0 Å². The highest BCUT2D eigenvalue weighted by molar-refractivity contribution is 6.09. The van der Waals surface area contributed by atoms with Gasteiger partial charge in [-0.1, -0.05) is 113 Å². The lowest BCUT2D eigenvalue weighted by molar-refractivity contribution is 0.661. The summed E-state index contributed by atoms with van der Waals surface area (Å²) in [5.41, 5.74) is 9.56. The predicted molar refractivity (Wildman–Crippen MR) is 161 cm³/mol. The van der Waals surface area contributed by atoms with Gasteiger partial charge in [-0.2, -0.15) is 0 Å². The third-order valence-electron chi connectivity index (χ3n) is 8.60. The van der Waals surface area contributed by atoms with E-state index in [4.69, 9.17) is 9.97 Å². The number of aromatic nitrogens is 3. The SMILES string of the molecule is CC1(C)C=c2nc(-n3c4ccccc4c4ccccc43)nc(-c3cccc4c3C(C)(C)c3ccccc3-4)c2=C1. The van der Waals surface area contributed by atoms with Crippen LogP contribution in [0.4, 0.5) is 0 Å². The van der Waals surface area contributed by atoms with E-state index in [2.05, 4.69) is 135 Å². The lowest BCUT2D eigenvalue weighted by atomic mass is 9.79. The first-order chi connectivity index (χ1) is 18.8. The molecule has 0 saturated carbocycles. The van der Waals surface area contributed by atoms with E-state index in [1.807, 2.05) is 0 Å². The number of hydrogen-bond acceptors (Lipinski definition) is 2. The summed E-state index contributed by atoms with van der Waals surface area (Å²) in [6.45, 7) is 9.17. The molecule has 3 heteroatoms. The molecule has 0 fully saturated rings. The highest BCUT2D eigenvalue weighted by atomic mass is 15.2. The topological polar surface area (TPSA) is 30.7 Å². The maximum absolute atomic E-state index is 5.43. The van der Waals surface area contributed by atoms with Crippen molar-refractivity contribution >= 4 is 34.0 Å². The molecule has 2 heterocycles. The summed E-state index contributed by atoms with van der Waals surface area (Å²) < 4.78 is 2.23. The Morgan fingerprint density at radius 2 is 1.21 bits per heavy atom.